The molecule has 0 radical (unpaired) electrons. The van der Waals surface area contributed by atoms with Gasteiger partial charge in [-0.3, -0.25) is 9.89 Å². The second-order valence-corrected chi connectivity index (χ2v) is 8.50. The van der Waals surface area contributed by atoms with Crippen molar-refractivity contribution in [1.82, 2.24) is 19.7 Å². The Morgan fingerprint density at radius 1 is 1.21 bits per heavy atom. The molecule has 1 aliphatic heterocycles. The van der Waals surface area contributed by atoms with E-state index in [1.54, 1.807) is 0 Å². The van der Waals surface area contributed by atoms with Crippen LogP contribution in [0.4, 0.5) is 0 Å². The van der Waals surface area contributed by atoms with E-state index in [2.05, 4.69) is 33.5 Å². The molecule has 132 valence electrons. The van der Waals surface area contributed by atoms with Gasteiger partial charge in [-0.1, -0.05) is 12.8 Å². The van der Waals surface area contributed by atoms with Gasteiger partial charge in [0.1, 0.15) is 5.82 Å². The molecule has 1 saturated heterocycles. The Morgan fingerprint density at radius 2 is 1.92 bits per heavy atom. The Bertz CT molecular complexity index is 667. The number of hydrogen-bond donors (Lipinski definition) is 1. The number of amides is 1. The summed E-state index contributed by atoms with van der Waals surface area (Å²) in [5.41, 5.74) is 0. The number of likely N-dealkylation sites (tertiary alicyclic amines) is 1. The molecule has 0 unspecified atom stereocenters. The molecule has 1 aromatic heterocycles. The van der Waals surface area contributed by atoms with Crippen LogP contribution >= 0.6 is 12.2 Å². The highest BCUT2D eigenvalue weighted by molar-refractivity contribution is 7.71. The predicted octanol–water partition coefficient (Wildman–Crippen LogP) is 3.66. The summed E-state index contributed by atoms with van der Waals surface area (Å²) in [4.78, 5) is 15.1. The number of fused-ring (bicyclic) bond motifs is 1. The molecule has 3 aliphatic rings. The zero-order chi connectivity index (χ0) is 16.8. The summed E-state index contributed by atoms with van der Waals surface area (Å²) in [6, 6.07) is 0.295. The van der Waals surface area contributed by atoms with Gasteiger partial charge in [0.15, 0.2) is 4.77 Å². The molecule has 1 N–H and O–H groups in total. The minimum atomic E-state index is 0.295. The molecule has 1 aromatic rings. The molecule has 2 aliphatic carbocycles. The van der Waals surface area contributed by atoms with Gasteiger partial charge in [-0.2, -0.15) is 5.10 Å². The van der Waals surface area contributed by atoms with Crippen molar-refractivity contribution in [3.05, 3.63) is 10.6 Å². The predicted molar refractivity (Wildman–Crippen MR) is 95.3 cm³/mol. The summed E-state index contributed by atoms with van der Waals surface area (Å²) in [5.74, 6) is 3.47. The fourth-order valence-corrected chi connectivity index (χ4v) is 5.41. The van der Waals surface area contributed by atoms with Gasteiger partial charge in [0.05, 0.1) is 0 Å². The number of piperidine rings is 1. The minimum absolute atomic E-state index is 0.295. The van der Waals surface area contributed by atoms with E-state index in [0.29, 0.717) is 40.4 Å². The van der Waals surface area contributed by atoms with Gasteiger partial charge in [0.2, 0.25) is 5.91 Å². The first-order valence-electron chi connectivity index (χ1n) is 9.53. The van der Waals surface area contributed by atoms with E-state index < -0.39 is 0 Å². The van der Waals surface area contributed by atoms with Crippen molar-refractivity contribution < 1.29 is 4.79 Å². The molecular formula is C18H28N4OS. The summed E-state index contributed by atoms with van der Waals surface area (Å²) in [7, 11) is 0. The van der Waals surface area contributed by atoms with Gasteiger partial charge < -0.3 is 9.47 Å². The number of carbonyl (C=O) groups excluding carboxylic acids is 1. The third-order valence-electron chi connectivity index (χ3n) is 6.29. The van der Waals surface area contributed by atoms with Crippen LogP contribution < -0.4 is 0 Å². The lowest BCUT2D eigenvalue weighted by molar-refractivity contribution is -0.134. The molecule has 0 spiro atoms. The van der Waals surface area contributed by atoms with E-state index in [1.165, 1.54) is 25.7 Å². The summed E-state index contributed by atoms with van der Waals surface area (Å²) >= 11 is 5.38. The molecule has 2 saturated carbocycles. The Hall–Kier alpha value is -1.17. The first kappa shape index (κ1) is 16.3. The van der Waals surface area contributed by atoms with E-state index in [9.17, 15) is 4.79 Å². The summed E-state index contributed by atoms with van der Waals surface area (Å²) in [6.45, 7) is 5.99. The van der Waals surface area contributed by atoms with Crippen LogP contribution in [0.2, 0.25) is 0 Å². The van der Waals surface area contributed by atoms with E-state index in [4.69, 9.17) is 12.2 Å². The first-order valence-corrected chi connectivity index (χ1v) is 9.94. The van der Waals surface area contributed by atoms with Crippen molar-refractivity contribution >= 4 is 18.1 Å². The van der Waals surface area contributed by atoms with Crippen molar-refractivity contribution in [2.75, 3.05) is 13.1 Å². The van der Waals surface area contributed by atoms with Crippen LogP contribution in [-0.2, 0) is 4.79 Å². The molecule has 2 heterocycles. The van der Waals surface area contributed by atoms with Crippen molar-refractivity contribution in [1.29, 1.82) is 0 Å². The number of carbonyl (C=O) groups is 1. The molecule has 6 heteroatoms. The third kappa shape index (κ3) is 2.72. The van der Waals surface area contributed by atoms with Gasteiger partial charge >= 0.3 is 0 Å². The molecule has 5 nitrogen and oxygen atoms in total. The van der Waals surface area contributed by atoms with Gasteiger partial charge in [0, 0.05) is 31.0 Å². The van der Waals surface area contributed by atoms with Crippen LogP contribution in [0.15, 0.2) is 0 Å². The fourth-order valence-electron chi connectivity index (χ4n) is 5.06. The van der Waals surface area contributed by atoms with Crippen LogP contribution in [0.3, 0.4) is 0 Å². The lowest BCUT2D eigenvalue weighted by atomic mass is 9.96. The number of aromatic amines is 1. The first-order chi connectivity index (χ1) is 11.6. The molecule has 3 fully saturated rings. The second kappa shape index (κ2) is 6.28. The normalized spacial score (nSPS) is 32.7. The fraction of sp³-hybridized carbons (Fsp3) is 0.833. The third-order valence-corrected chi connectivity index (χ3v) is 6.58. The number of H-pyrrole nitrogens is 1. The lowest BCUT2D eigenvalue weighted by Gasteiger charge is -2.33. The molecule has 3 atom stereocenters. The average molecular weight is 349 g/mol. The summed E-state index contributed by atoms with van der Waals surface area (Å²) in [6.07, 6.45) is 7.33. The monoisotopic (exact) mass is 348 g/mol. The minimum Gasteiger partial charge on any atom is -0.342 e. The number of hydrogen-bond acceptors (Lipinski definition) is 3. The van der Waals surface area contributed by atoms with Crippen LogP contribution in [0.1, 0.15) is 70.2 Å². The zero-order valence-corrected chi connectivity index (χ0v) is 15.5. The standard InChI is InChI=1S/C18H28N4OS/c1-11(2)22-16(19-20-18(22)24)12-6-5-9-21(10-12)17(23)15-13-7-3-4-8-14(13)15/h11-15H,3-10H2,1-2H3,(H,20,24)/t12-,13-,14-/m1/s1. The highest BCUT2D eigenvalue weighted by atomic mass is 32.1. The zero-order valence-electron chi connectivity index (χ0n) is 14.7. The molecule has 24 heavy (non-hydrogen) atoms. The lowest BCUT2D eigenvalue weighted by Crippen LogP contribution is -2.41. The van der Waals surface area contributed by atoms with Crippen molar-refractivity contribution in [2.24, 2.45) is 17.8 Å². The van der Waals surface area contributed by atoms with E-state index >= 15 is 0 Å². The number of nitrogens with one attached hydrogen (secondary N) is 1. The highest BCUT2D eigenvalue weighted by Crippen LogP contribution is 2.56. The van der Waals surface area contributed by atoms with E-state index in [1.807, 2.05) is 0 Å². The van der Waals surface area contributed by atoms with Gasteiger partial charge in [-0.05, 0) is 63.6 Å². The topological polar surface area (TPSA) is 53.9 Å². The van der Waals surface area contributed by atoms with Crippen LogP contribution in [0, 0.1) is 22.5 Å². The van der Waals surface area contributed by atoms with Crippen molar-refractivity contribution in [3.63, 3.8) is 0 Å². The number of rotatable bonds is 3. The Labute approximate surface area is 148 Å². The molecule has 0 bridgehead atoms. The number of nitrogens with zero attached hydrogens (tertiary/aromatic N) is 3. The van der Waals surface area contributed by atoms with Gasteiger partial charge in [-0.25, -0.2) is 0 Å². The van der Waals surface area contributed by atoms with Crippen molar-refractivity contribution in [3.8, 4) is 0 Å². The number of aromatic nitrogens is 3. The average Bonchev–Trinajstić information content (AvgIpc) is 3.19. The van der Waals surface area contributed by atoms with E-state index in [-0.39, 0.29) is 0 Å². The maximum atomic E-state index is 13.0. The molecule has 4 rings (SSSR count). The highest BCUT2D eigenvalue weighted by Gasteiger charge is 2.56. The van der Waals surface area contributed by atoms with E-state index in [0.717, 1.165) is 31.8 Å². The Kier molecular flexibility index (Phi) is 4.27. The summed E-state index contributed by atoms with van der Waals surface area (Å²) < 4.78 is 2.81. The largest absolute Gasteiger partial charge is 0.342 e. The smallest absolute Gasteiger partial charge is 0.226 e. The van der Waals surface area contributed by atoms with Crippen LogP contribution in [0.5, 0.6) is 0 Å². The Morgan fingerprint density at radius 3 is 2.58 bits per heavy atom. The van der Waals surface area contributed by atoms with Crippen LogP contribution in [-0.4, -0.2) is 38.7 Å². The molecule has 1 amide bonds. The maximum absolute atomic E-state index is 13.0. The quantitative estimate of drug-likeness (QED) is 0.848. The molecule has 0 aromatic carbocycles. The van der Waals surface area contributed by atoms with Crippen LogP contribution in [0.25, 0.3) is 0 Å². The SMILES string of the molecule is CC(C)n1c([C@@H]2CCCN(C(=O)C3[C@@H]4CCCC[C@@H]34)C2)n[nH]c1=S. The van der Waals surface area contributed by atoms with Crippen molar-refractivity contribution in [2.45, 2.75) is 64.3 Å². The van der Waals surface area contributed by atoms with Gasteiger partial charge in [0.25, 0.3) is 0 Å². The Balaban J connectivity index is 1.48. The maximum Gasteiger partial charge on any atom is 0.226 e. The second-order valence-electron chi connectivity index (χ2n) is 8.11. The van der Waals surface area contributed by atoms with Gasteiger partial charge in [-0.15, -0.1) is 0 Å². The summed E-state index contributed by atoms with van der Waals surface area (Å²) in [5, 5.41) is 7.44. The molecular weight excluding hydrogens is 320 g/mol.